The smallest absolute Gasteiger partial charge is 0.243 e. The molecule has 106 valence electrons. The molecule has 0 fully saturated rings. The number of nitrogens with zero attached hydrogens (tertiary/aromatic N) is 1. The second-order valence-corrected chi connectivity index (χ2v) is 6.98. The second kappa shape index (κ2) is 6.45. The monoisotopic (exact) mass is 300 g/mol. The summed E-state index contributed by atoms with van der Waals surface area (Å²) >= 11 is 4.90. The Morgan fingerprint density at radius 1 is 1.47 bits per heavy atom. The van der Waals surface area contributed by atoms with E-state index in [1.807, 2.05) is 19.9 Å². The molecule has 1 aromatic rings. The molecule has 1 rings (SSSR count). The first-order valence-corrected chi connectivity index (χ1v) is 8.00. The highest BCUT2D eigenvalue weighted by Crippen LogP contribution is 2.18. The molecular weight excluding hydrogens is 280 g/mol. The topological polar surface area (TPSA) is 63.4 Å². The van der Waals surface area contributed by atoms with Gasteiger partial charge in [-0.3, -0.25) is 0 Å². The Morgan fingerprint density at radius 3 is 2.58 bits per heavy atom. The van der Waals surface area contributed by atoms with E-state index >= 15 is 0 Å². The van der Waals surface area contributed by atoms with Gasteiger partial charge in [0, 0.05) is 19.0 Å². The molecule has 0 heterocycles. The van der Waals surface area contributed by atoms with Gasteiger partial charge in [0.25, 0.3) is 0 Å². The lowest BCUT2D eigenvalue weighted by atomic mass is 10.2. The molecule has 2 N–H and O–H groups in total. The van der Waals surface area contributed by atoms with Crippen LogP contribution in [0, 0.1) is 12.8 Å². The number of thiocarbonyl (C=S) groups is 1. The van der Waals surface area contributed by atoms with E-state index in [1.54, 1.807) is 25.1 Å². The van der Waals surface area contributed by atoms with Gasteiger partial charge < -0.3 is 5.73 Å². The summed E-state index contributed by atoms with van der Waals surface area (Å²) in [6, 6.07) is 6.89. The summed E-state index contributed by atoms with van der Waals surface area (Å²) in [6.07, 6.45) is 0. The number of rotatable bonds is 6. The van der Waals surface area contributed by atoms with Crippen molar-refractivity contribution >= 4 is 27.2 Å². The van der Waals surface area contributed by atoms with Crippen LogP contribution in [0.2, 0.25) is 0 Å². The van der Waals surface area contributed by atoms with Gasteiger partial charge in [0.2, 0.25) is 10.0 Å². The SMILES string of the molecule is CCN(CC(C)C(N)=S)S(=O)(=O)c1cccc(C)c1. The molecule has 4 nitrogen and oxygen atoms in total. The van der Waals surface area contributed by atoms with Crippen LogP contribution in [0.15, 0.2) is 29.2 Å². The van der Waals surface area contributed by atoms with E-state index in [4.69, 9.17) is 18.0 Å². The van der Waals surface area contributed by atoms with Crippen LogP contribution in [0.25, 0.3) is 0 Å². The molecule has 6 heteroatoms. The number of nitrogens with two attached hydrogens (primary N) is 1. The Bertz CT molecular complexity index is 556. The van der Waals surface area contributed by atoms with Crippen molar-refractivity contribution in [1.29, 1.82) is 0 Å². The maximum Gasteiger partial charge on any atom is 0.243 e. The Morgan fingerprint density at radius 2 is 2.11 bits per heavy atom. The lowest BCUT2D eigenvalue weighted by molar-refractivity contribution is 0.405. The standard InChI is InChI=1S/C13H20N2O2S2/c1-4-15(9-11(3)13(14)18)19(16,17)12-7-5-6-10(2)8-12/h5-8,11H,4,9H2,1-3H3,(H2,14,18). The van der Waals surface area contributed by atoms with Crippen LogP contribution < -0.4 is 5.73 Å². The summed E-state index contributed by atoms with van der Waals surface area (Å²) in [5, 5.41) is 0. The molecule has 1 aromatic carbocycles. The minimum Gasteiger partial charge on any atom is -0.393 e. The molecule has 0 bridgehead atoms. The van der Waals surface area contributed by atoms with E-state index in [1.165, 1.54) is 4.31 Å². The van der Waals surface area contributed by atoms with Crippen LogP contribution in [0.3, 0.4) is 0 Å². The molecule has 0 aliphatic rings. The van der Waals surface area contributed by atoms with Crippen LogP contribution in [-0.2, 0) is 10.0 Å². The first kappa shape index (κ1) is 16.1. The number of hydrogen-bond acceptors (Lipinski definition) is 3. The quantitative estimate of drug-likeness (QED) is 0.815. The zero-order valence-electron chi connectivity index (χ0n) is 11.5. The van der Waals surface area contributed by atoms with Crippen molar-refractivity contribution in [3.05, 3.63) is 29.8 Å². The molecule has 1 unspecified atom stereocenters. The summed E-state index contributed by atoms with van der Waals surface area (Å²) in [5.74, 6) is -0.144. The minimum absolute atomic E-state index is 0.144. The zero-order chi connectivity index (χ0) is 14.6. The van der Waals surface area contributed by atoms with E-state index in [0.29, 0.717) is 23.0 Å². The maximum absolute atomic E-state index is 12.5. The van der Waals surface area contributed by atoms with Crippen LogP contribution in [0.4, 0.5) is 0 Å². The summed E-state index contributed by atoms with van der Waals surface area (Å²) in [6.45, 7) is 6.20. The van der Waals surface area contributed by atoms with Gasteiger partial charge in [-0.25, -0.2) is 8.42 Å². The predicted octanol–water partition coefficient (Wildman–Crippen LogP) is 1.93. The Balaban J connectivity index is 3.06. The van der Waals surface area contributed by atoms with Gasteiger partial charge in [0.1, 0.15) is 0 Å². The van der Waals surface area contributed by atoms with Crippen LogP contribution in [0.5, 0.6) is 0 Å². The normalized spacial score (nSPS) is 13.5. The van der Waals surface area contributed by atoms with Gasteiger partial charge in [-0.2, -0.15) is 4.31 Å². The van der Waals surface area contributed by atoms with Gasteiger partial charge in [0.05, 0.1) is 9.88 Å². The van der Waals surface area contributed by atoms with Crippen molar-refractivity contribution in [1.82, 2.24) is 4.31 Å². The predicted molar refractivity (Wildman–Crippen MR) is 81.6 cm³/mol. The number of benzene rings is 1. The Labute approximate surface area is 120 Å². The van der Waals surface area contributed by atoms with E-state index in [0.717, 1.165) is 5.56 Å². The lowest BCUT2D eigenvalue weighted by Crippen LogP contribution is -2.38. The highest BCUT2D eigenvalue weighted by Gasteiger charge is 2.25. The third-order valence-corrected chi connectivity index (χ3v) is 5.28. The highest BCUT2D eigenvalue weighted by atomic mass is 32.2. The molecule has 0 saturated heterocycles. The number of aryl methyl sites for hydroxylation is 1. The molecule has 19 heavy (non-hydrogen) atoms. The van der Waals surface area contributed by atoms with Gasteiger partial charge in [0.15, 0.2) is 0 Å². The van der Waals surface area contributed by atoms with Gasteiger partial charge in [-0.15, -0.1) is 0 Å². The van der Waals surface area contributed by atoms with Crippen molar-refractivity contribution in [3.8, 4) is 0 Å². The molecule has 0 aliphatic carbocycles. The molecular formula is C13H20N2O2S2. The Hall–Kier alpha value is -0.980. The molecule has 0 radical (unpaired) electrons. The van der Waals surface area contributed by atoms with Crippen molar-refractivity contribution in [2.75, 3.05) is 13.1 Å². The zero-order valence-corrected chi connectivity index (χ0v) is 13.1. The second-order valence-electron chi connectivity index (χ2n) is 4.58. The molecule has 0 amide bonds. The molecule has 0 spiro atoms. The fourth-order valence-corrected chi connectivity index (χ4v) is 3.44. The molecule has 0 saturated carbocycles. The van der Waals surface area contributed by atoms with E-state index in [9.17, 15) is 8.42 Å². The number of hydrogen-bond donors (Lipinski definition) is 1. The molecule has 0 aliphatic heterocycles. The fourth-order valence-electron chi connectivity index (χ4n) is 1.72. The third-order valence-electron chi connectivity index (χ3n) is 2.94. The number of sulfonamides is 1. The van der Waals surface area contributed by atoms with Gasteiger partial charge in [-0.1, -0.05) is 38.2 Å². The highest BCUT2D eigenvalue weighted by molar-refractivity contribution is 7.89. The van der Waals surface area contributed by atoms with Gasteiger partial charge in [-0.05, 0) is 24.6 Å². The van der Waals surface area contributed by atoms with Crippen molar-refractivity contribution < 1.29 is 8.42 Å². The largest absolute Gasteiger partial charge is 0.393 e. The average molecular weight is 300 g/mol. The van der Waals surface area contributed by atoms with E-state index in [-0.39, 0.29) is 5.92 Å². The maximum atomic E-state index is 12.5. The van der Waals surface area contributed by atoms with E-state index < -0.39 is 10.0 Å². The minimum atomic E-state index is -3.48. The molecule has 1 atom stereocenters. The summed E-state index contributed by atoms with van der Waals surface area (Å²) in [4.78, 5) is 0.641. The van der Waals surface area contributed by atoms with Crippen LogP contribution >= 0.6 is 12.2 Å². The van der Waals surface area contributed by atoms with Crippen LogP contribution in [0.1, 0.15) is 19.4 Å². The summed E-state index contributed by atoms with van der Waals surface area (Å²) < 4.78 is 26.4. The summed E-state index contributed by atoms with van der Waals surface area (Å²) in [7, 11) is -3.48. The van der Waals surface area contributed by atoms with Gasteiger partial charge >= 0.3 is 0 Å². The lowest BCUT2D eigenvalue weighted by Gasteiger charge is -2.23. The van der Waals surface area contributed by atoms with E-state index in [2.05, 4.69) is 0 Å². The Kier molecular flexibility index (Phi) is 5.46. The fraction of sp³-hybridized carbons (Fsp3) is 0.462. The average Bonchev–Trinajstić information content (AvgIpc) is 2.35. The first-order chi connectivity index (χ1) is 8.78. The van der Waals surface area contributed by atoms with Crippen molar-refractivity contribution in [3.63, 3.8) is 0 Å². The van der Waals surface area contributed by atoms with Crippen molar-refractivity contribution in [2.45, 2.75) is 25.7 Å². The summed E-state index contributed by atoms with van der Waals surface area (Å²) in [5.41, 5.74) is 6.47. The third kappa shape index (κ3) is 3.99. The van der Waals surface area contributed by atoms with Crippen molar-refractivity contribution in [2.24, 2.45) is 11.7 Å². The molecule has 0 aromatic heterocycles. The van der Waals surface area contributed by atoms with Crippen LogP contribution in [-0.4, -0.2) is 30.8 Å². The first-order valence-electron chi connectivity index (χ1n) is 6.15.